The van der Waals surface area contributed by atoms with Crippen molar-refractivity contribution in [3.63, 3.8) is 0 Å². The third-order valence-electron chi connectivity index (χ3n) is 1.81. The van der Waals surface area contributed by atoms with Gasteiger partial charge in [0.15, 0.2) is 0 Å². The van der Waals surface area contributed by atoms with E-state index in [4.69, 9.17) is 6.42 Å². The molecule has 0 aromatic heterocycles. The summed E-state index contributed by atoms with van der Waals surface area (Å²) in [7, 11) is 0. The van der Waals surface area contributed by atoms with Crippen molar-refractivity contribution < 1.29 is 5.11 Å². The summed E-state index contributed by atoms with van der Waals surface area (Å²) < 4.78 is 0. The number of hydrogen-bond donors (Lipinski definition) is 1. The molecule has 1 unspecified atom stereocenters. The molecule has 0 bridgehead atoms. The summed E-state index contributed by atoms with van der Waals surface area (Å²) in [6.45, 7) is 0. The minimum Gasteiger partial charge on any atom is -0.387 e. The number of terminal acetylenes is 1. The van der Waals surface area contributed by atoms with E-state index >= 15 is 0 Å². The standard InChI is InChI=1S/C11H12OS/c1-3-4-11(12)9-5-7-10(13-2)8-6-9/h1,5-8,11-12H,4H2,2H3. The first-order valence-electron chi connectivity index (χ1n) is 4.03. The van der Waals surface area contributed by atoms with Gasteiger partial charge in [0.05, 0.1) is 6.10 Å². The molecule has 0 heterocycles. The predicted octanol–water partition coefficient (Wildman–Crippen LogP) is 2.47. The van der Waals surface area contributed by atoms with Gasteiger partial charge in [-0.2, -0.15) is 0 Å². The van der Waals surface area contributed by atoms with Crippen molar-refractivity contribution in [2.24, 2.45) is 0 Å². The van der Waals surface area contributed by atoms with Crippen LogP contribution in [-0.4, -0.2) is 11.4 Å². The van der Waals surface area contributed by atoms with Crippen LogP contribution in [0.2, 0.25) is 0 Å². The molecular weight excluding hydrogens is 180 g/mol. The first kappa shape index (κ1) is 10.2. The summed E-state index contributed by atoms with van der Waals surface area (Å²) in [6.07, 6.45) is 6.98. The van der Waals surface area contributed by atoms with Crippen LogP contribution in [0.1, 0.15) is 18.1 Å². The summed E-state index contributed by atoms with van der Waals surface area (Å²) in [5.41, 5.74) is 0.885. The molecule has 13 heavy (non-hydrogen) atoms. The van der Waals surface area contributed by atoms with Gasteiger partial charge in [0, 0.05) is 11.3 Å². The van der Waals surface area contributed by atoms with Crippen LogP contribution >= 0.6 is 11.8 Å². The van der Waals surface area contributed by atoms with Gasteiger partial charge in [0.25, 0.3) is 0 Å². The Kier molecular flexibility index (Phi) is 3.88. The van der Waals surface area contributed by atoms with Gasteiger partial charge >= 0.3 is 0 Å². The molecule has 1 aromatic rings. The molecule has 0 aliphatic carbocycles. The van der Waals surface area contributed by atoms with E-state index in [1.807, 2.05) is 30.5 Å². The van der Waals surface area contributed by atoms with E-state index in [0.717, 1.165) is 5.56 Å². The molecule has 0 spiro atoms. The smallest absolute Gasteiger partial charge is 0.0899 e. The van der Waals surface area contributed by atoms with Crippen molar-refractivity contribution in [2.45, 2.75) is 17.4 Å². The van der Waals surface area contributed by atoms with Crippen LogP contribution < -0.4 is 0 Å². The van der Waals surface area contributed by atoms with Crippen LogP contribution in [0.3, 0.4) is 0 Å². The lowest BCUT2D eigenvalue weighted by molar-refractivity contribution is 0.184. The summed E-state index contributed by atoms with van der Waals surface area (Å²) >= 11 is 1.68. The molecular formula is C11H12OS. The maximum Gasteiger partial charge on any atom is 0.0899 e. The molecule has 0 saturated heterocycles. The summed E-state index contributed by atoms with van der Waals surface area (Å²) in [4.78, 5) is 1.19. The number of hydrogen-bond acceptors (Lipinski definition) is 2. The Labute approximate surface area is 83.2 Å². The molecule has 1 nitrogen and oxygen atoms in total. The number of benzene rings is 1. The van der Waals surface area contributed by atoms with Gasteiger partial charge in [-0.05, 0) is 24.0 Å². The number of rotatable bonds is 3. The minimum absolute atomic E-state index is 0.374. The van der Waals surface area contributed by atoms with E-state index in [2.05, 4.69) is 5.92 Å². The lowest BCUT2D eigenvalue weighted by Crippen LogP contribution is -1.94. The molecule has 0 saturated carbocycles. The van der Waals surface area contributed by atoms with Crippen molar-refractivity contribution in [3.8, 4) is 12.3 Å². The fourth-order valence-electron chi connectivity index (χ4n) is 1.06. The molecule has 1 rings (SSSR count). The second kappa shape index (κ2) is 4.96. The van der Waals surface area contributed by atoms with Gasteiger partial charge in [-0.1, -0.05) is 12.1 Å². The van der Waals surface area contributed by atoms with Gasteiger partial charge in [-0.25, -0.2) is 0 Å². The molecule has 0 aliphatic rings. The quantitative estimate of drug-likeness (QED) is 0.586. The van der Waals surface area contributed by atoms with Crippen LogP contribution in [0.25, 0.3) is 0 Å². The zero-order chi connectivity index (χ0) is 9.68. The number of aliphatic hydroxyl groups excluding tert-OH is 1. The Morgan fingerprint density at radius 2 is 2.08 bits per heavy atom. The highest BCUT2D eigenvalue weighted by atomic mass is 32.2. The van der Waals surface area contributed by atoms with E-state index in [-0.39, 0.29) is 0 Å². The molecule has 1 N–H and O–H groups in total. The Bertz CT molecular complexity index is 297. The maximum absolute atomic E-state index is 9.53. The lowest BCUT2D eigenvalue weighted by atomic mass is 10.1. The highest BCUT2D eigenvalue weighted by Gasteiger charge is 2.04. The third kappa shape index (κ3) is 2.80. The van der Waals surface area contributed by atoms with Gasteiger partial charge in [-0.15, -0.1) is 24.1 Å². The van der Waals surface area contributed by atoms with Gasteiger partial charge < -0.3 is 5.11 Å². The zero-order valence-corrected chi connectivity index (χ0v) is 8.34. The fourth-order valence-corrected chi connectivity index (χ4v) is 1.46. The predicted molar refractivity (Wildman–Crippen MR) is 56.6 cm³/mol. The van der Waals surface area contributed by atoms with Gasteiger partial charge in [-0.3, -0.25) is 0 Å². The van der Waals surface area contributed by atoms with Crippen molar-refractivity contribution in [2.75, 3.05) is 6.26 Å². The van der Waals surface area contributed by atoms with Crippen LogP contribution in [0.4, 0.5) is 0 Å². The van der Waals surface area contributed by atoms with Crippen molar-refractivity contribution >= 4 is 11.8 Å². The molecule has 0 amide bonds. The van der Waals surface area contributed by atoms with E-state index in [1.54, 1.807) is 11.8 Å². The molecule has 1 aromatic carbocycles. The molecule has 0 radical (unpaired) electrons. The maximum atomic E-state index is 9.53. The van der Waals surface area contributed by atoms with Crippen LogP contribution in [0.5, 0.6) is 0 Å². The average Bonchev–Trinajstić information content (AvgIpc) is 2.18. The average molecular weight is 192 g/mol. The lowest BCUT2D eigenvalue weighted by Gasteiger charge is -2.07. The molecule has 68 valence electrons. The number of thioether (sulfide) groups is 1. The zero-order valence-electron chi connectivity index (χ0n) is 7.53. The fraction of sp³-hybridized carbons (Fsp3) is 0.273. The van der Waals surface area contributed by atoms with E-state index in [1.165, 1.54) is 4.90 Å². The topological polar surface area (TPSA) is 20.2 Å². The van der Waals surface area contributed by atoms with E-state index in [0.29, 0.717) is 6.42 Å². The normalized spacial score (nSPS) is 12.1. The molecule has 0 fully saturated rings. The SMILES string of the molecule is C#CCC(O)c1ccc(SC)cc1. The summed E-state index contributed by atoms with van der Waals surface area (Å²) in [6, 6.07) is 7.79. The molecule has 2 heteroatoms. The van der Waals surface area contributed by atoms with E-state index < -0.39 is 6.10 Å². The Morgan fingerprint density at radius 3 is 2.54 bits per heavy atom. The molecule has 1 atom stereocenters. The first-order valence-corrected chi connectivity index (χ1v) is 5.26. The monoisotopic (exact) mass is 192 g/mol. The molecule has 0 aliphatic heterocycles. The van der Waals surface area contributed by atoms with Crippen LogP contribution in [-0.2, 0) is 0 Å². The highest BCUT2D eigenvalue weighted by molar-refractivity contribution is 7.98. The van der Waals surface area contributed by atoms with Gasteiger partial charge in [0.2, 0.25) is 0 Å². The Hall–Kier alpha value is -0.910. The van der Waals surface area contributed by atoms with Gasteiger partial charge in [0.1, 0.15) is 0 Å². The third-order valence-corrected chi connectivity index (χ3v) is 2.56. The number of aliphatic hydroxyl groups is 1. The Balaban J connectivity index is 2.74. The minimum atomic E-state index is -0.527. The van der Waals surface area contributed by atoms with Crippen molar-refractivity contribution in [1.29, 1.82) is 0 Å². The van der Waals surface area contributed by atoms with Crippen LogP contribution in [0, 0.1) is 12.3 Å². The largest absolute Gasteiger partial charge is 0.387 e. The van der Waals surface area contributed by atoms with Crippen molar-refractivity contribution in [3.05, 3.63) is 29.8 Å². The van der Waals surface area contributed by atoms with E-state index in [9.17, 15) is 5.11 Å². The first-order chi connectivity index (χ1) is 6.27. The Morgan fingerprint density at radius 1 is 1.46 bits per heavy atom. The second-order valence-electron chi connectivity index (χ2n) is 2.70. The summed E-state index contributed by atoms with van der Waals surface area (Å²) in [5, 5.41) is 9.53. The van der Waals surface area contributed by atoms with Crippen LogP contribution in [0.15, 0.2) is 29.2 Å². The highest BCUT2D eigenvalue weighted by Crippen LogP contribution is 2.20. The second-order valence-corrected chi connectivity index (χ2v) is 3.58. The summed E-state index contributed by atoms with van der Waals surface area (Å²) in [5.74, 6) is 2.44. The van der Waals surface area contributed by atoms with Crippen molar-refractivity contribution in [1.82, 2.24) is 0 Å².